The number of piperidine rings is 1. The summed E-state index contributed by atoms with van der Waals surface area (Å²) in [6, 6.07) is 5.73. The first-order chi connectivity index (χ1) is 14.1. The molecule has 0 saturated carbocycles. The SMILES string of the molecule is CCOC(=O)C1CCCN(C(=O)CN(C)C(=O)c2ccc(S(=O)(=O)C(C)C)cc2)C1. The zero-order valence-corrected chi connectivity index (χ0v) is 18.8. The average Bonchev–Trinajstić information content (AvgIpc) is 2.73. The molecule has 1 aromatic carbocycles. The number of likely N-dealkylation sites (tertiary alicyclic amines) is 1. The van der Waals surface area contributed by atoms with Crippen molar-refractivity contribution in [1.82, 2.24) is 9.80 Å². The number of esters is 1. The first-order valence-corrected chi connectivity index (χ1v) is 11.7. The Bertz CT molecular complexity index is 879. The maximum absolute atomic E-state index is 12.6. The molecule has 1 aliphatic rings. The molecule has 9 heteroatoms. The lowest BCUT2D eigenvalue weighted by molar-refractivity contribution is -0.151. The topological polar surface area (TPSA) is 101 Å². The van der Waals surface area contributed by atoms with Crippen LogP contribution in [0.15, 0.2) is 29.2 Å². The summed E-state index contributed by atoms with van der Waals surface area (Å²) in [5.41, 5.74) is 0.302. The zero-order chi connectivity index (χ0) is 22.5. The standard InChI is InChI=1S/C21H30N2O6S/c1-5-29-21(26)17-7-6-12-23(13-17)19(24)14-22(4)20(25)16-8-10-18(11-9-16)30(27,28)15(2)3/h8-11,15,17H,5-7,12-14H2,1-4H3. The van der Waals surface area contributed by atoms with Gasteiger partial charge in [0.15, 0.2) is 9.84 Å². The Hall–Kier alpha value is -2.42. The van der Waals surface area contributed by atoms with Crippen molar-refractivity contribution in [3.05, 3.63) is 29.8 Å². The van der Waals surface area contributed by atoms with Crippen LogP contribution in [0.5, 0.6) is 0 Å². The second kappa shape index (κ2) is 10.1. The third kappa shape index (κ3) is 5.59. The lowest BCUT2D eigenvalue weighted by atomic mass is 9.98. The Kier molecular flexibility index (Phi) is 8.00. The van der Waals surface area contributed by atoms with Crippen LogP contribution in [-0.4, -0.2) is 74.5 Å². The van der Waals surface area contributed by atoms with E-state index in [9.17, 15) is 22.8 Å². The predicted octanol–water partition coefficient (Wildman–Crippen LogP) is 1.74. The highest BCUT2D eigenvalue weighted by molar-refractivity contribution is 7.92. The molecule has 0 bridgehead atoms. The summed E-state index contributed by atoms with van der Waals surface area (Å²) in [6.45, 7) is 5.95. The number of nitrogens with zero attached hydrogens (tertiary/aromatic N) is 2. The van der Waals surface area contributed by atoms with E-state index in [2.05, 4.69) is 0 Å². The molecular weight excluding hydrogens is 408 g/mol. The molecule has 1 fully saturated rings. The van der Waals surface area contributed by atoms with Crippen LogP contribution in [0.3, 0.4) is 0 Å². The van der Waals surface area contributed by atoms with Crippen molar-refractivity contribution in [2.45, 2.75) is 43.8 Å². The third-order valence-electron chi connectivity index (χ3n) is 5.16. The van der Waals surface area contributed by atoms with Crippen LogP contribution < -0.4 is 0 Å². The van der Waals surface area contributed by atoms with Crippen LogP contribution in [-0.2, 0) is 24.2 Å². The summed E-state index contributed by atoms with van der Waals surface area (Å²) in [7, 11) is -1.89. The first-order valence-electron chi connectivity index (χ1n) is 10.1. The highest BCUT2D eigenvalue weighted by atomic mass is 32.2. The van der Waals surface area contributed by atoms with Crippen LogP contribution in [0.2, 0.25) is 0 Å². The van der Waals surface area contributed by atoms with Crippen LogP contribution in [0.4, 0.5) is 0 Å². The summed E-state index contributed by atoms with van der Waals surface area (Å²) < 4.78 is 29.5. The largest absolute Gasteiger partial charge is 0.466 e. The van der Waals surface area contributed by atoms with E-state index in [1.807, 2.05) is 0 Å². The molecule has 0 aromatic heterocycles. The van der Waals surface area contributed by atoms with Crippen molar-refractivity contribution in [2.24, 2.45) is 5.92 Å². The van der Waals surface area contributed by atoms with Crippen LogP contribution >= 0.6 is 0 Å². The Balaban J connectivity index is 2.00. The molecule has 1 atom stereocenters. The number of amides is 2. The lowest BCUT2D eigenvalue weighted by Crippen LogP contribution is -2.47. The zero-order valence-electron chi connectivity index (χ0n) is 18.0. The van der Waals surface area contributed by atoms with Crippen molar-refractivity contribution in [2.75, 3.05) is 33.3 Å². The van der Waals surface area contributed by atoms with Gasteiger partial charge in [0.2, 0.25) is 5.91 Å². The first kappa shape index (κ1) is 23.9. The molecule has 1 aliphatic heterocycles. The monoisotopic (exact) mass is 438 g/mol. The number of rotatable bonds is 7. The molecule has 0 N–H and O–H groups in total. The van der Waals surface area contributed by atoms with E-state index in [1.165, 1.54) is 36.2 Å². The summed E-state index contributed by atoms with van der Waals surface area (Å²) in [6.07, 6.45) is 1.39. The number of benzene rings is 1. The fraction of sp³-hybridized carbons (Fsp3) is 0.571. The van der Waals surface area contributed by atoms with Crippen LogP contribution in [0.25, 0.3) is 0 Å². The Labute approximate surface area is 178 Å². The summed E-state index contributed by atoms with van der Waals surface area (Å²) in [5.74, 6) is -1.25. The quantitative estimate of drug-likeness (QED) is 0.601. The third-order valence-corrected chi connectivity index (χ3v) is 7.33. The highest BCUT2D eigenvalue weighted by Gasteiger charge is 2.30. The normalized spacial score (nSPS) is 17.0. The van der Waals surface area contributed by atoms with Gasteiger partial charge in [-0.05, 0) is 57.9 Å². The van der Waals surface area contributed by atoms with E-state index < -0.39 is 15.1 Å². The minimum Gasteiger partial charge on any atom is -0.466 e. The number of sulfone groups is 1. The number of hydrogen-bond acceptors (Lipinski definition) is 6. The van der Waals surface area contributed by atoms with Crippen LogP contribution in [0.1, 0.15) is 44.0 Å². The maximum atomic E-state index is 12.6. The number of carbonyl (C=O) groups excluding carboxylic acids is 3. The van der Waals surface area contributed by atoms with Crippen molar-refractivity contribution in [3.63, 3.8) is 0 Å². The van der Waals surface area contributed by atoms with Gasteiger partial charge in [0.05, 0.1) is 29.2 Å². The number of ether oxygens (including phenoxy) is 1. The second-order valence-electron chi connectivity index (χ2n) is 7.71. The van der Waals surface area contributed by atoms with Crippen molar-refractivity contribution in [1.29, 1.82) is 0 Å². The minimum absolute atomic E-state index is 0.125. The van der Waals surface area contributed by atoms with E-state index in [4.69, 9.17) is 4.74 Å². The summed E-state index contributed by atoms with van der Waals surface area (Å²) in [4.78, 5) is 40.3. The van der Waals surface area contributed by atoms with Crippen molar-refractivity contribution in [3.8, 4) is 0 Å². The molecule has 2 rings (SSSR count). The van der Waals surface area contributed by atoms with Gasteiger partial charge in [-0.1, -0.05) is 0 Å². The fourth-order valence-electron chi connectivity index (χ4n) is 3.31. The minimum atomic E-state index is -3.41. The summed E-state index contributed by atoms with van der Waals surface area (Å²) in [5, 5.41) is -0.553. The van der Waals surface area contributed by atoms with E-state index >= 15 is 0 Å². The van der Waals surface area contributed by atoms with Crippen LogP contribution in [0, 0.1) is 5.92 Å². The number of carbonyl (C=O) groups is 3. The van der Waals surface area contributed by atoms with E-state index in [0.29, 0.717) is 38.1 Å². The lowest BCUT2D eigenvalue weighted by Gasteiger charge is -2.32. The van der Waals surface area contributed by atoms with Gasteiger partial charge >= 0.3 is 5.97 Å². The van der Waals surface area contributed by atoms with Gasteiger partial charge in [-0.3, -0.25) is 14.4 Å². The Morgan fingerprint density at radius 2 is 1.83 bits per heavy atom. The van der Waals surface area contributed by atoms with Gasteiger partial charge in [0.25, 0.3) is 5.91 Å². The Morgan fingerprint density at radius 1 is 1.20 bits per heavy atom. The molecule has 0 radical (unpaired) electrons. The van der Waals surface area contributed by atoms with Gasteiger partial charge in [-0.25, -0.2) is 8.42 Å². The smallest absolute Gasteiger partial charge is 0.310 e. The molecule has 0 spiro atoms. The van der Waals surface area contributed by atoms with Gasteiger partial charge in [-0.2, -0.15) is 0 Å². The molecule has 8 nitrogen and oxygen atoms in total. The molecule has 2 amide bonds. The summed E-state index contributed by atoms with van der Waals surface area (Å²) >= 11 is 0. The van der Waals surface area contributed by atoms with E-state index in [-0.39, 0.29) is 35.1 Å². The molecule has 1 unspecified atom stereocenters. The van der Waals surface area contributed by atoms with Crippen molar-refractivity contribution < 1.29 is 27.5 Å². The molecule has 30 heavy (non-hydrogen) atoms. The maximum Gasteiger partial charge on any atom is 0.310 e. The molecule has 0 aliphatic carbocycles. The average molecular weight is 439 g/mol. The van der Waals surface area contributed by atoms with Gasteiger partial charge < -0.3 is 14.5 Å². The second-order valence-corrected chi connectivity index (χ2v) is 10.2. The van der Waals surface area contributed by atoms with Crippen molar-refractivity contribution >= 4 is 27.6 Å². The fourth-order valence-corrected chi connectivity index (χ4v) is 4.37. The molecule has 1 aromatic rings. The van der Waals surface area contributed by atoms with E-state index in [1.54, 1.807) is 25.7 Å². The molecule has 1 heterocycles. The number of hydrogen-bond donors (Lipinski definition) is 0. The molecular formula is C21H30N2O6S. The number of likely N-dealkylation sites (N-methyl/N-ethyl adjacent to an activating group) is 1. The molecule has 1 saturated heterocycles. The molecule has 166 valence electrons. The Morgan fingerprint density at radius 3 is 2.40 bits per heavy atom. The predicted molar refractivity (Wildman–Crippen MR) is 112 cm³/mol. The van der Waals surface area contributed by atoms with Gasteiger partial charge in [0, 0.05) is 25.7 Å². The van der Waals surface area contributed by atoms with Gasteiger partial charge in [-0.15, -0.1) is 0 Å². The highest BCUT2D eigenvalue weighted by Crippen LogP contribution is 2.19. The van der Waals surface area contributed by atoms with E-state index in [0.717, 1.165) is 0 Å². The van der Waals surface area contributed by atoms with Gasteiger partial charge in [0.1, 0.15) is 0 Å².